The van der Waals surface area contributed by atoms with Crippen LogP contribution in [0.1, 0.15) is 42.9 Å². The maximum atomic E-state index is 14.2. The number of anilines is 1. The third-order valence-corrected chi connectivity index (χ3v) is 8.38. The summed E-state index contributed by atoms with van der Waals surface area (Å²) in [4.78, 5) is 56.5. The van der Waals surface area contributed by atoms with E-state index in [-0.39, 0.29) is 36.6 Å². The zero-order valence-electron chi connectivity index (χ0n) is 20.0. The maximum absolute atomic E-state index is 14.2. The molecule has 0 saturated carbocycles. The van der Waals surface area contributed by atoms with E-state index in [1.807, 2.05) is 59.5 Å². The summed E-state index contributed by atoms with van der Waals surface area (Å²) in [6.45, 7) is 1.32. The Bertz CT molecular complexity index is 1150. The predicted octanol–water partition coefficient (Wildman–Crippen LogP) is 2.64. The number of nitrogens with zero attached hydrogens (tertiary/aromatic N) is 2. The monoisotopic (exact) mass is 506 g/mol. The molecule has 5 rings (SSSR count). The van der Waals surface area contributed by atoms with Gasteiger partial charge in [-0.3, -0.25) is 19.2 Å². The molecule has 4 amide bonds. The summed E-state index contributed by atoms with van der Waals surface area (Å²) in [5.41, 5.74) is 1.57. The lowest BCUT2D eigenvalue weighted by atomic mass is 10.0. The van der Waals surface area contributed by atoms with Crippen molar-refractivity contribution in [2.24, 2.45) is 0 Å². The van der Waals surface area contributed by atoms with Gasteiger partial charge in [-0.1, -0.05) is 42.5 Å². The molecule has 188 valence electrons. The van der Waals surface area contributed by atoms with Crippen LogP contribution in [0.2, 0.25) is 0 Å². The van der Waals surface area contributed by atoms with Gasteiger partial charge in [-0.15, -0.1) is 11.8 Å². The average molecular weight is 507 g/mol. The number of benzene rings is 2. The van der Waals surface area contributed by atoms with Crippen LogP contribution in [0.4, 0.5) is 5.69 Å². The van der Waals surface area contributed by atoms with E-state index in [1.165, 1.54) is 16.7 Å². The lowest BCUT2D eigenvalue weighted by Gasteiger charge is -2.32. The molecule has 36 heavy (non-hydrogen) atoms. The fourth-order valence-corrected chi connectivity index (χ4v) is 6.39. The lowest BCUT2D eigenvalue weighted by Crippen LogP contribution is -2.55. The molecular weight excluding hydrogens is 476 g/mol. The maximum Gasteiger partial charge on any atom is 0.251 e. The van der Waals surface area contributed by atoms with Crippen molar-refractivity contribution in [3.05, 3.63) is 60.2 Å². The summed E-state index contributed by atoms with van der Waals surface area (Å²) in [7, 11) is 0. The normalized spacial score (nSPS) is 24.1. The number of nitrogens with one attached hydrogen (secondary N) is 2. The second-order valence-corrected chi connectivity index (χ2v) is 10.6. The molecule has 2 fully saturated rings. The van der Waals surface area contributed by atoms with Crippen LogP contribution in [0.3, 0.4) is 0 Å². The van der Waals surface area contributed by atoms with Crippen LogP contribution in [-0.4, -0.2) is 60.2 Å². The van der Waals surface area contributed by atoms with Gasteiger partial charge in [-0.05, 0) is 43.4 Å². The molecule has 2 saturated heterocycles. The van der Waals surface area contributed by atoms with E-state index < -0.39 is 17.3 Å². The van der Waals surface area contributed by atoms with Gasteiger partial charge in [-0.25, -0.2) is 0 Å². The first kappa shape index (κ1) is 24.4. The number of fused-ring (bicyclic) bond motifs is 1. The van der Waals surface area contributed by atoms with Gasteiger partial charge in [0.2, 0.25) is 17.7 Å². The summed E-state index contributed by atoms with van der Waals surface area (Å²) in [6, 6.07) is 15.6. The third-order valence-electron chi connectivity index (χ3n) is 6.98. The topological polar surface area (TPSA) is 98.8 Å². The Morgan fingerprint density at radius 3 is 2.42 bits per heavy atom. The Hall–Kier alpha value is -3.33. The van der Waals surface area contributed by atoms with Crippen molar-refractivity contribution in [3.8, 4) is 0 Å². The molecule has 0 spiro atoms. The Labute approximate surface area is 214 Å². The average Bonchev–Trinajstić information content (AvgIpc) is 3.32. The van der Waals surface area contributed by atoms with Crippen LogP contribution >= 0.6 is 11.8 Å². The van der Waals surface area contributed by atoms with E-state index in [0.717, 1.165) is 29.7 Å². The van der Waals surface area contributed by atoms with Crippen molar-refractivity contribution in [2.45, 2.75) is 54.3 Å². The van der Waals surface area contributed by atoms with Crippen molar-refractivity contribution >= 4 is 41.1 Å². The number of amides is 4. The highest BCUT2D eigenvalue weighted by Crippen LogP contribution is 2.45. The standard InChI is InChI=1S/C27H30N4O4S/c32-22-14-13-19(28-22)26(34)29-24-25(18-9-3-1-4-10-18)36-21-12-6-5-11-20(21)31(27(24)35)17-23(33)30-15-7-2-8-16-30/h1,3-6,9-12,19,24-25H,2,7-8,13-17H2,(H,28,32)(H,29,34)/t19-,24-,25+/m0/s1. The minimum atomic E-state index is -0.913. The SMILES string of the molecule is O=C1CC[C@@H](C(=O)N[C@@H]2C(=O)N(CC(=O)N3CCCCC3)c3ccccc3S[C@@H]2c2ccccc2)N1. The highest BCUT2D eigenvalue weighted by atomic mass is 32.2. The number of carbonyl (C=O) groups is 4. The number of hydrogen-bond donors (Lipinski definition) is 2. The Morgan fingerprint density at radius 1 is 0.972 bits per heavy atom. The van der Waals surface area contributed by atoms with E-state index in [1.54, 1.807) is 0 Å². The van der Waals surface area contributed by atoms with Crippen LogP contribution in [-0.2, 0) is 19.2 Å². The molecule has 2 N–H and O–H groups in total. The third kappa shape index (κ3) is 5.11. The molecule has 2 aromatic carbocycles. The molecule has 3 aliphatic heterocycles. The highest BCUT2D eigenvalue weighted by molar-refractivity contribution is 7.99. The number of rotatable bonds is 5. The number of carbonyl (C=O) groups excluding carboxylic acids is 4. The smallest absolute Gasteiger partial charge is 0.251 e. The van der Waals surface area contributed by atoms with Crippen LogP contribution in [0, 0.1) is 0 Å². The molecule has 3 heterocycles. The largest absolute Gasteiger partial charge is 0.344 e. The Morgan fingerprint density at radius 2 is 1.69 bits per heavy atom. The van der Waals surface area contributed by atoms with Crippen molar-refractivity contribution in [2.75, 3.05) is 24.5 Å². The van der Waals surface area contributed by atoms with Crippen LogP contribution in [0.15, 0.2) is 59.5 Å². The van der Waals surface area contributed by atoms with Gasteiger partial charge in [0.1, 0.15) is 18.6 Å². The summed E-state index contributed by atoms with van der Waals surface area (Å²) in [5.74, 6) is -0.968. The van der Waals surface area contributed by atoms with E-state index in [0.29, 0.717) is 25.2 Å². The van der Waals surface area contributed by atoms with Crippen molar-refractivity contribution in [3.63, 3.8) is 0 Å². The Balaban J connectivity index is 1.49. The van der Waals surface area contributed by atoms with Crippen LogP contribution < -0.4 is 15.5 Å². The zero-order valence-corrected chi connectivity index (χ0v) is 20.8. The number of thioether (sulfide) groups is 1. The quantitative estimate of drug-likeness (QED) is 0.650. The highest BCUT2D eigenvalue weighted by Gasteiger charge is 2.42. The summed E-state index contributed by atoms with van der Waals surface area (Å²) >= 11 is 1.50. The minimum Gasteiger partial charge on any atom is -0.344 e. The molecule has 0 aliphatic carbocycles. The first-order valence-electron chi connectivity index (χ1n) is 12.5. The van der Waals surface area contributed by atoms with Crippen LogP contribution in [0.5, 0.6) is 0 Å². The van der Waals surface area contributed by atoms with E-state index >= 15 is 0 Å². The summed E-state index contributed by atoms with van der Waals surface area (Å²) in [5, 5.41) is 5.23. The van der Waals surface area contributed by atoms with Crippen molar-refractivity contribution < 1.29 is 19.2 Å². The molecule has 3 atom stereocenters. The Kier molecular flexibility index (Phi) is 7.27. The van der Waals surface area contributed by atoms with Gasteiger partial charge >= 0.3 is 0 Å². The second kappa shape index (κ2) is 10.7. The number of likely N-dealkylation sites (tertiary alicyclic amines) is 1. The summed E-state index contributed by atoms with van der Waals surface area (Å²) in [6.07, 6.45) is 3.72. The van der Waals surface area contributed by atoms with E-state index in [4.69, 9.17) is 0 Å². The van der Waals surface area contributed by atoms with Gasteiger partial charge in [0, 0.05) is 24.4 Å². The second-order valence-electron chi connectivity index (χ2n) is 9.43. The molecule has 0 bridgehead atoms. The minimum absolute atomic E-state index is 0.0789. The summed E-state index contributed by atoms with van der Waals surface area (Å²) < 4.78 is 0. The molecule has 2 aromatic rings. The predicted molar refractivity (Wildman–Crippen MR) is 137 cm³/mol. The number of piperidine rings is 1. The zero-order chi connectivity index (χ0) is 25.1. The first-order chi connectivity index (χ1) is 17.5. The van der Waals surface area contributed by atoms with Gasteiger partial charge < -0.3 is 20.4 Å². The molecule has 9 heteroatoms. The number of para-hydroxylation sites is 1. The lowest BCUT2D eigenvalue weighted by molar-refractivity contribution is -0.133. The van der Waals surface area contributed by atoms with Gasteiger partial charge in [0.15, 0.2) is 0 Å². The van der Waals surface area contributed by atoms with E-state index in [9.17, 15) is 19.2 Å². The van der Waals surface area contributed by atoms with Crippen molar-refractivity contribution in [1.29, 1.82) is 0 Å². The number of hydrogen-bond acceptors (Lipinski definition) is 5. The molecule has 0 aromatic heterocycles. The van der Waals surface area contributed by atoms with E-state index in [2.05, 4.69) is 10.6 Å². The fourth-order valence-electron chi connectivity index (χ4n) is 5.05. The van der Waals surface area contributed by atoms with Gasteiger partial charge in [-0.2, -0.15) is 0 Å². The molecular formula is C27H30N4O4S. The van der Waals surface area contributed by atoms with Crippen molar-refractivity contribution in [1.82, 2.24) is 15.5 Å². The van der Waals surface area contributed by atoms with Crippen LogP contribution in [0.25, 0.3) is 0 Å². The molecule has 0 unspecified atom stereocenters. The fraction of sp³-hybridized carbons (Fsp3) is 0.407. The molecule has 0 radical (unpaired) electrons. The van der Waals surface area contributed by atoms with Gasteiger partial charge in [0.25, 0.3) is 5.91 Å². The van der Waals surface area contributed by atoms with Gasteiger partial charge in [0.05, 0.1) is 10.9 Å². The first-order valence-corrected chi connectivity index (χ1v) is 13.4. The molecule has 8 nitrogen and oxygen atoms in total. The molecule has 3 aliphatic rings.